The van der Waals surface area contributed by atoms with Crippen LogP contribution in [0.15, 0.2) is 54.6 Å². The number of nitrogens with zero attached hydrogens (tertiary/aromatic N) is 2. The van der Waals surface area contributed by atoms with Gasteiger partial charge in [0.15, 0.2) is 5.13 Å². The normalized spacial score (nSPS) is 25.2. The van der Waals surface area contributed by atoms with Crippen molar-refractivity contribution in [3.8, 4) is 5.75 Å². The first-order valence-electron chi connectivity index (χ1n) is 11.0. The summed E-state index contributed by atoms with van der Waals surface area (Å²) in [5.41, 5.74) is 1.70. The van der Waals surface area contributed by atoms with Crippen LogP contribution in [0.3, 0.4) is 0 Å². The minimum Gasteiger partial charge on any atom is -0.494 e. The van der Waals surface area contributed by atoms with Crippen LogP contribution in [0, 0.1) is 23.7 Å². The van der Waals surface area contributed by atoms with E-state index in [0.717, 1.165) is 22.4 Å². The lowest BCUT2D eigenvalue weighted by Crippen LogP contribution is -2.32. The zero-order valence-corrected chi connectivity index (χ0v) is 18.7. The summed E-state index contributed by atoms with van der Waals surface area (Å²) in [6.07, 6.45) is 5.06. The van der Waals surface area contributed by atoms with Crippen LogP contribution in [-0.2, 0) is 9.59 Å². The first-order valence-corrected chi connectivity index (χ1v) is 11.9. The molecule has 7 nitrogen and oxygen atoms in total. The van der Waals surface area contributed by atoms with E-state index >= 15 is 0 Å². The van der Waals surface area contributed by atoms with Crippen LogP contribution in [0.1, 0.15) is 23.7 Å². The maximum atomic E-state index is 13.0. The number of allylic oxidation sites excluding steroid dienone is 2. The van der Waals surface area contributed by atoms with Crippen molar-refractivity contribution in [1.29, 1.82) is 0 Å². The second kappa shape index (κ2) is 7.52. The molecule has 6 rings (SSSR count). The van der Waals surface area contributed by atoms with Crippen LogP contribution in [0.25, 0.3) is 10.2 Å². The predicted molar refractivity (Wildman–Crippen MR) is 125 cm³/mol. The van der Waals surface area contributed by atoms with Gasteiger partial charge in [0.2, 0.25) is 11.8 Å². The molecule has 2 aliphatic carbocycles. The standard InChI is InChI=1S/C25H21N3O4S/c1-2-32-17-9-10-19-18(12-17)26-25(33-19)27-22(29)13-5-7-16(8-6-13)28-23(30)20-14-3-4-15(11-14)21(20)24(28)31/h3-10,12,14-15,20-21H,2,11H2,1H3,(H,26,27,29)/t14-,15-,20+,21+/m0/s1. The van der Waals surface area contributed by atoms with Crippen LogP contribution >= 0.6 is 11.3 Å². The highest BCUT2D eigenvalue weighted by atomic mass is 32.1. The molecule has 33 heavy (non-hydrogen) atoms. The van der Waals surface area contributed by atoms with E-state index in [0.29, 0.717) is 23.0 Å². The molecule has 1 saturated heterocycles. The largest absolute Gasteiger partial charge is 0.494 e. The van der Waals surface area contributed by atoms with Crippen molar-refractivity contribution in [2.75, 3.05) is 16.8 Å². The fourth-order valence-electron chi connectivity index (χ4n) is 5.31. The highest BCUT2D eigenvalue weighted by Crippen LogP contribution is 2.53. The SMILES string of the molecule is CCOc1ccc2sc(NC(=O)c3ccc(N4C(=O)[C@H]5[C@H](C4=O)[C@H]4C=C[C@H]5C4)cc3)nc2c1. The fourth-order valence-corrected chi connectivity index (χ4v) is 6.15. The second-order valence-corrected chi connectivity index (χ2v) is 9.62. The Bertz CT molecular complexity index is 1300. The fraction of sp³-hybridized carbons (Fsp3) is 0.280. The van der Waals surface area contributed by atoms with E-state index in [2.05, 4.69) is 22.5 Å². The zero-order valence-electron chi connectivity index (χ0n) is 17.9. The Hall–Kier alpha value is -3.52. The Morgan fingerprint density at radius 1 is 1.09 bits per heavy atom. The summed E-state index contributed by atoms with van der Waals surface area (Å²) in [4.78, 5) is 44.5. The topological polar surface area (TPSA) is 88.6 Å². The van der Waals surface area contributed by atoms with E-state index in [4.69, 9.17) is 4.74 Å². The van der Waals surface area contributed by atoms with E-state index in [-0.39, 0.29) is 41.4 Å². The molecular formula is C25H21N3O4S. The third kappa shape index (κ3) is 3.16. The first-order chi connectivity index (χ1) is 16.0. The number of hydrogen-bond acceptors (Lipinski definition) is 6. The van der Waals surface area contributed by atoms with Gasteiger partial charge < -0.3 is 4.74 Å². The predicted octanol–water partition coefficient (Wildman–Crippen LogP) is 4.26. The molecule has 1 saturated carbocycles. The van der Waals surface area contributed by atoms with E-state index in [1.54, 1.807) is 24.3 Å². The number of carbonyl (C=O) groups is 3. The molecule has 4 atom stereocenters. The van der Waals surface area contributed by atoms with Gasteiger partial charge in [-0.05, 0) is 61.6 Å². The Kier molecular flexibility index (Phi) is 4.58. The lowest BCUT2D eigenvalue weighted by molar-refractivity contribution is -0.123. The second-order valence-electron chi connectivity index (χ2n) is 8.59. The van der Waals surface area contributed by atoms with Crippen LogP contribution in [0.5, 0.6) is 5.75 Å². The van der Waals surface area contributed by atoms with Gasteiger partial charge in [-0.3, -0.25) is 24.6 Å². The zero-order chi connectivity index (χ0) is 22.7. The molecular weight excluding hydrogens is 438 g/mol. The van der Waals surface area contributed by atoms with Gasteiger partial charge in [0.25, 0.3) is 5.91 Å². The average Bonchev–Trinajstić information content (AvgIpc) is 3.57. The van der Waals surface area contributed by atoms with Crippen molar-refractivity contribution < 1.29 is 19.1 Å². The summed E-state index contributed by atoms with van der Waals surface area (Å²) >= 11 is 1.38. The summed E-state index contributed by atoms with van der Waals surface area (Å²) in [5.74, 6) is 0.0526. The minimum atomic E-state index is -0.302. The van der Waals surface area contributed by atoms with Crippen LogP contribution in [-0.4, -0.2) is 29.3 Å². The van der Waals surface area contributed by atoms with Crippen molar-refractivity contribution in [3.63, 3.8) is 0 Å². The quantitative estimate of drug-likeness (QED) is 0.455. The van der Waals surface area contributed by atoms with Gasteiger partial charge in [-0.2, -0.15) is 0 Å². The number of aromatic nitrogens is 1. The summed E-state index contributed by atoms with van der Waals surface area (Å²) in [6.45, 7) is 2.49. The first kappa shape index (κ1) is 20.1. The van der Waals surface area contributed by atoms with E-state index in [1.165, 1.54) is 16.2 Å². The van der Waals surface area contributed by atoms with Crippen molar-refractivity contribution >= 4 is 50.1 Å². The van der Waals surface area contributed by atoms with Gasteiger partial charge >= 0.3 is 0 Å². The number of rotatable bonds is 5. The monoisotopic (exact) mass is 459 g/mol. The number of ether oxygens (including phenoxy) is 1. The van der Waals surface area contributed by atoms with Gasteiger partial charge in [0, 0.05) is 11.6 Å². The molecule has 2 bridgehead atoms. The number of nitrogens with one attached hydrogen (secondary N) is 1. The minimum absolute atomic E-state index is 0.125. The average molecular weight is 460 g/mol. The third-order valence-electron chi connectivity index (χ3n) is 6.75. The van der Waals surface area contributed by atoms with Crippen molar-refractivity contribution in [2.45, 2.75) is 13.3 Å². The van der Waals surface area contributed by atoms with Gasteiger partial charge in [-0.25, -0.2) is 4.98 Å². The highest BCUT2D eigenvalue weighted by molar-refractivity contribution is 7.22. The third-order valence-corrected chi connectivity index (χ3v) is 7.70. The summed E-state index contributed by atoms with van der Waals surface area (Å²) in [5, 5.41) is 3.32. The smallest absolute Gasteiger partial charge is 0.257 e. The molecule has 3 aliphatic rings. The number of benzene rings is 2. The van der Waals surface area contributed by atoms with Crippen LogP contribution in [0.4, 0.5) is 10.8 Å². The summed E-state index contributed by atoms with van der Waals surface area (Å²) in [7, 11) is 0. The molecule has 0 spiro atoms. The number of hydrogen-bond donors (Lipinski definition) is 1. The Balaban J connectivity index is 1.18. The molecule has 2 fully saturated rings. The lowest BCUT2D eigenvalue weighted by Gasteiger charge is -2.17. The van der Waals surface area contributed by atoms with Crippen molar-refractivity contribution in [1.82, 2.24) is 4.98 Å². The van der Waals surface area contributed by atoms with Crippen molar-refractivity contribution in [3.05, 3.63) is 60.2 Å². The summed E-state index contributed by atoms with van der Waals surface area (Å²) < 4.78 is 6.45. The van der Waals surface area contributed by atoms with Gasteiger partial charge in [-0.1, -0.05) is 23.5 Å². The van der Waals surface area contributed by atoms with Crippen molar-refractivity contribution in [2.24, 2.45) is 23.7 Å². The molecule has 1 aliphatic heterocycles. The van der Waals surface area contributed by atoms with Crippen LogP contribution < -0.4 is 15.0 Å². The summed E-state index contributed by atoms with van der Waals surface area (Å²) in [6, 6.07) is 12.2. The number of imide groups is 1. The number of thiazole rings is 1. The molecule has 0 unspecified atom stereocenters. The molecule has 3 aromatic rings. The number of carbonyl (C=O) groups excluding carboxylic acids is 3. The Morgan fingerprint density at radius 3 is 2.45 bits per heavy atom. The van der Waals surface area contributed by atoms with E-state index in [1.807, 2.05) is 25.1 Å². The molecule has 2 aromatic carbocycles. The van der Waals surface area contributed by atoms with Crippen LogP contribution in [0.2, 0.25) is 0 Å². The number of amides is 3. The molecule has 3 amide bonds. The van der Waals surface area contributed by atoms with Gasteiger partial charge in [-0.15, -0.1) is 0 Å². The maximum absolute atomic E-state index is 13.0. The number of anilines is 2. The number of fused-ring (bicyclic) bond motifs is 6. The highest BCUT2D eigenvalue weighted by Gasteiger charge is 2.59. The van der Waals surface area contributed by atoms with Gasteiger partial charge in [0.05, 0.1) is 34.3 Å². The molecule has 0 radical (unpaired) electrons. The van der Waals surface area contributed by atoms with E-state index in [9.17, 15) is 14.4 Å². The van der Waals surface area contributed by atoms with Gasteiger partial charge in [0.1, 0.15) is 5.75 Å². The Morgan fingerprint density at radius 2 is 1.79 bits per heavy atom. The molecule has 1 aromatic heterocycles. The van der Waals surface area contributed by atoms with E-state index < -0.39 is 0 Å². The molecule has 8 heteroatoms. The maximum Gasteiger partial charge on any atom is 0.257 e. The molecule has 2 heterocycles. The molecule has 1 N–H and O–H groups in total. The Labute approximate surface area is 194 Å². The molecule has 166 valence electrons. The lowest BCUT2D eigenvalue weighted by atomic mass is 9.85.